The van der Waals surface area contributed by atoms with E-state index in [2.05, 4.69) is 59.9 Å². The number of nitrogens with zero attached hydrogens (tertiary/aromatic N) is 4. The van der Waals surface area contributed by atoms with Crippen LogP contribution < -0.4 is 15.5 Å². The van der Waals surface area contributed by atoms with Crippen LogP contribution in [0.5, 0.6) is 0 Å². The van der Waals surface area contributed by atoms with E-state index in [1.807, 2.05) is 18.2 Å². The van der Waals surface area contributed by atoms with Gasteiger partial charge in [0.2, 0.25) is 0 Å². The number of thiocarbonyl (C=S) groups is 1. The molecule has 1 saturated heterocycles. The molecule has 146 valence electrons. The Bertz CT molecular complexity index is 1090. The summed E-state index contributed by atoms with van der Waals surface area (Å²) in [6, 6.07) is 15.9. The minimum Gasteiger partial charge on any atom is -0.360 e. The number of fused-ring (bicyclic) bond motifs is 1. The van der Waals surface area contributed by atoms with E-state index in [0.29, 0.717) is 16.7 Å². The van der Waals surface area contributed by atoms with Crippen LogP contribution >= 0.6 is 28.1 Å². The van der Waals surface area contributed by atoms with E-state index in [4.69, 9.17) is 17.5 Å². The topological polar surface area (TPSA) is 76.9 Å². The Hall–Kier alpha value is -2.76. The van der Waals surface area contributed by atoms with E-state index in [1.54, 1.807) is 18.3 Å². The molecule has 0 bridgehead atoms. The van der Waals surface area contributed by atoms with Crippen molar-refractivity contribution in [3.63, 3.8) is 0 Å². The fourth-order valence-corrected chi connectivity index (χ4v) is 4.20. The van der Waals surface area contributed by atoms with Gasteiger partial charge in [-0.1, -0.05) is 22.0 Å². The molecular weight excluding hydrogens is 448 g/mol. The monoisotopic (exact) mass is 466 g/mol. The number of piperidine rings is 1. The molecule has 29 heavy (non-hydrogen) atoms. The Morgan fingerprint density at radius 3 is 2.83 bits per heavy atom. The minimum absolute atomic E-state index is 0.294. The summed E-state index contributed by atoms with van der Waals surface area (Å²) in [5.74, 6) is 0.933. The van der Waals surface area contributed by atoms with E-state index >= 15 is 0 Å². The van der Waals surface area contributed by atoms with E-state index in [0.717, 1.165) is 52.7 Å². The summed E-state index contributed by atoms with van der Waals surface area (Å²) < 4.78 is 1.04. The highest BCUT2D eigenvalue weighted by atomic mass is 79.9. The van der Waals surface area contributed by atoms with E-state index < -0.39 is 0 Å². The summed E-state index contributed by atoms with van der Waals surface area (Å²) in [6.45, 7) is 1.77. The first-order valence-corrected chi connectivity index (χ1v) is 10.6. The fourth-order valence-electron chi connectivity index (χ4n) is 3.53. The third-order valence-corrected chi connectivity index (χ3v) is 5.70. The van der Waals surface area contributed by atoms with E-state index in [-0.39, 0.29) is 0 Å². The quantitative estimate of drug-likeness (QED) is 0.559. The van der Waals surface area contributed by atoms with Crippen LogP contribution in [0.15, 0.2) is 53.1 Å². The molecule has 2 heterocycles. The molecule has 1 fully saturated rings. The molecule has 0 unspecified atom stereocenters. The number of benzene rings is 2. The van der Waals surface area contributed by atoms with Gasteiger partial charge in [-0.05, 0) is 61.5 Å². The predicted octanol–water partition coefficient (Wildman–Crippen LogP) is 4.22. The van der Waals surface area contributed by atoms with Crippen molar-refractivity contribution in [3.8, 4) is 6.07 Å². The van der Waals surface area contributed by atoms with Gasteiger partial charge in [-0.2, -0.15) is 10.4 Å². The highest BCUT2D eigenvalue weighted by Crippen LogP contribution is 2.28. The first kappa shape index (κ1) is 19.6. The lowest BCUT2D eigenvalue weighted by Gasteiger charge is -2.34. The summed E-state index contributed by atoms with van der Waals surface area (Å²) in [4.78, 5) is 2.29. The smallest absolute Gasteiger partial charge is 0.170 e. The van der Waals surface area contributed by atoms with Gasteiger partial charge in [-0.15, -0.1) is 5.10 Å². The van der Waals surface area contributed by atoms with Crippen LogP contribution in [0.2, 0.25) is 0 Å². The van der Waals surface area contributed by atoms with Gasteiger partial charge in [0, 0.05) is 40.1 Å². The van der Waals surface area contributed by atoms with Gasteiger partial charge >= 0.3 is 0 Å². The minimum atomic E-state index is 0.294. The Morgan fingerprint density at radius 2 is 2.03 bits per heavy atom. The van der Waals surface area contributed by atoms with Crippen molar-refractivity contribution in [2.24, 2.45) is 0 Å². The van der Waals surface area contributed by atoms with Crippen molar-refractivity contribution in [1.82, 2.24) is 15.5 Å². The lowest BCUT2D eigenvalue weighted by Crippen LogP contribution is -2.46. The van der Waals surface area contributed by atoms with Gasteiger partial charge in [0.05, 0.1) is 17.8 Å². The molecule has 0 radical (unpaired) electrons. The molecule has 0 amide bonds. The summed E-state index contributed by atoms with van der Waals surface area (Å²) in [5.41, 5.74) is 1.42. The van der Waals surface area contributed by atoms with Crippen LogP contribution in [0.25, 0.3) is 10.8 Å². The number of aromatic nitrogens is 2. The van der Waals surface area contributed by atoms with Crippen LogP contribution in [-0.2, 0) is 0 Å². The third kappa shape index (κ3) is 4.63. The van der Waals surface area contributed by atoms with Crippen LogP contribution in [0.1, 0.15) is 18.4 Å². The molecule has 1 aliphatic rings. The number of rotatable bonds is 3. The van der Waals surface area contributed by atoms with Crippen molar-refractivity contribution in [2.75, 3.05) is 23.3 Å². The maximum absolute atomic E-state index is 9.01. The molecule has 3 aromatic rings. The lowest BCUT2D eigenvalue weighted by molar-refractivity contribution is 0.466. The molecular formula is C21H19BrN6S. The molecule has 0 saturated carbocycles. The van der Waals surface area contributed by atoms with E-state index in [9.17, 15) is 0 Å². The second-order valence-corrected chi connectivity index (χ2v) is 8.28. The number of hydrogen-bond acceptors (Lipinski definition) is 5. The number of nitrogens with one attached hydrogen (secondary N) is 2. The zero-order valence-electron chi connectivity index (χ0n) is 15.6. The first-order chi connectivity index (χ1) is 14.1. The van der Waals surface area contributed by atoms with Crippen LogP contribution in [0, 0.1) is 11.3 Å². The fraction of sp³-hybridized carbons (Fsp3) is 0.238. The molecule has 0 atom stereocenters. The molecule has 2 N–H and O–H groups in total. The number of anilines is 2. The number of halogens is 1. The maximum Gasteiger partial charge on any atom is 0.170 e. The average Bonchev–Trinajstić information content (AvgIpc) is 2.73. The molecule has 0 aliphatic carbocycles. The number of hydrogen-bond donors (Lipinski definition) is 2. The van der Waals surface area contributed by atoms with Crippen LogP contribution in [0.3, 0.4) is 0 Å². The number of nitriles is 1. The second kappa shape index (κ2) is 8.72. The highest BCUT2D eigenvalue weighted by Gasteiger charge is 2.22. The standard InChI is InChI=1S/C21H19BrN6S/c22-16-4-5-19-15(11-16)13-24-27-20(19)28-8-6-17(7-9-28)25-21(29)26-18-3-1-2-14(10-18)12-23/h1-5,10-11,13,17H,6-9H2,(H2,25,26,29). The van der Waals surface area contributed by atoms with Gasteiger partial charge in [-0.3, -0.25) is 0 Å². The van der Waals surface area contributed by atoms with Crippen molar-refractivity contribution in [1.29, 1.82) is 5.26 Å². The second-order valence-electron chi connectivity index (χ2n) is 6.95. The molecule has 1 aliphatic heterocycles. The van der Waals surface area contributed by atoms with Crippen molar-refractivity contribution < 1.29 is 0 Å². The molecule has 2 aromatic carbocycles. The molecule has 6 nitrogen and oxygen atoms in total. The summed E-state index contributed by atoms with van der Waals surface area (Å²) >= 11 is 8.96. The van der Waals surface area contributed by atoms with Crippen LogP contribution in [-0.4, -0.2) is 34.4 Å². The first-order valence-electron chi connectivity index (χ1n) is 9.36. The van der Waals surface area contributed by atoms with Gasteiger partial charge in [0.15, 0.2) is 10.9 Å². The normalized spacial score (nSPS) is 14.4. The zero-order valence-corrected chi connectivity index (χ0v) is 18.0. The Kier molecular flexibility index (Phi) is 5.88. The lowest BCUT2D eigenvalue weighted by atomic mass is 10.0. The van der Waals surface area contributed by atoms with Crippen molar-refractivity contribution in [3.05, 3.63) is 58.7 Å². The third-order valence-electron chi connectivity index (χ3n) is 4.98. The van der Waals surface area contributed by atoms with Crippen molar-refractivity contribution >= 4 is 55.5 Å². The largest absolute Gasteiger partial charge is 0.360 e. The Morgan fingerprint density at radius 1 is 1.21 bits per heavy atom. The van der Waals surface area contributed by atoms with Crippen LogP contribution in [0.4, 0.5) is 11.5 Å². The molecule has 1 aromatic heterocycles. The SMILES string of the molecule is N#Cc1cccc(NC(=S)NC2CCN(c3nncc4cc(Br)ccc34)CC2)c1. The van der Waals surface area contributed by atoms with Gasteiger partial charge < -0.3 is 15.5 Å². The Labute approximate surface area is 183 Å². The zero-order chi connectivity index (χ0) is 20.2. The summed E-state index contributed by atoms with van der Waals surface area (Å²) in [7, 11) is 0. The van der Waals surface area contributed by atoms with E-state index in [1.165, 1.54) is 0 Å². The van der Waals surface area contributed by atoms with Gasteiger partial charge in [0.25, 0.3) is 0 Å². The molecule has 8 heteroatoms. The molecule has 4 rings (SSSR count). The molecule has 0 spiro atoms. The predicted molar refractivity (Wildman–Crippen MR) is 123 cm³/mol. The highest BCUT2D eigenvalue weighted by molar-refractivity contribution is 9.10. The maximum atomic E-state index is 9.01. The van der Waals surface area contributed by atoms with Gasteiger partial charge in [-0.25, -0.2) is 0 Å². The average molecular weight is 467 g/mol. The summed E-state index contributed by atoms with van der Waals surface area (Å²) in [6.07, 6.45) is 3.70. The summed E-state index contributed by atoms with van der Waals surface area (Å²) in [5, 5.41) is 26.9. The van der Waals surface area contributed by atoms with Crippen molar-refractivity contribution in [2.45, 2.75) is 18.9 Å². The van der Waals surface area contributed by atoms with Gasteiger partial charge in [0.1, 0.15) is 0 Å². The Balaban J connectivity index is 1.36.